The molecular formula is C25H34N4O. The molecule has 2 aromatic rings. The largest absolute Gasteiger partial charge is 0.352 e. The molecule has 0 radical (unpaired) electrons. The van der Waals surface area contributed by atoms with Crippen LogP contribution in [0.3, 0.4) is 0 Å². The second-order valence-corrected chi connectivity index (χ2v) is 9.67. The molecule has 2 aliphatic carbocycles. The Morgan fingerprint density at radius 1 is 1.20 bits per heavy atom. The molecule has 1 aromatic carbocycles. The van der Waals surface area contributed by atoms with Crippen LogP contribution >= 0.6 is 0 Å². The molecule has 2 saturated carbocycles. The minimum Gasteiger partial charge on any atom is -0.352 e. The van der Waals surface area contributed by atoms with Gasteiger partial charge < -0.3 is 9.88 Å². The first kappa shape index (κ1) is 20.9. The third-order valence-electron chi connectivity index (χ3n) is 7.22. The van der Waals surface area contributed by atoms with Gasteiger partial charge in [0.25, 0.3) is 0 Å². The highest BCUT2D eigenvalue weighted by molar-refractivity contribution is 5.83. The number of amides is 1. The van der Waals surface area contributed by atoms with Crippen molar-refractivity contribution < 1.29 is 4.79 Å². The molecule has 5 nitrogen and oxygen atoms in total. The minimum absolute atomic E-state index is 0.0839. The van der Waals surface area contributed by atoms with Gasteiger partial charge >= 0.3 is 0 Å². The van der Waals surface area contributed by atoms with E-state index in [1.54, 1.807) is 0 Å². The quantitative estimate of drug-likeness (QED) is 0.604. The van der Waals surface area contributed by atoms with E-state index in [-0.39, 0.29) is 5.91 Å². The number of nitrogens with one attached hydrogen (secondary N) is 1. The number of imidazole rings is 1. The van der Waals surface area contributed by atoms with Gasteiger partial charge in [-0.05, 0) is 49.7 Å². The lowest BCUT2D eigenvalue weighted by Crippen LogP contribution is -2.38. The Balaban J connectivity index is 1.54. The summed E-state index contributed by atoms with van der Waals surface area (Å²) in [5, 5.41) is 3.25. The zero-order valence-electron chi connectivity index (χ0n) is 18.3. The van der Waals surface area contributed by atoms with Crippen LogP contribution in [0.25, 0.3) is 15.9 Å². The summed E-state index contributed by atoms with van der Waals surface area (Å²) in [6, 6.07) is 5.96. The smallest absolute Gasteiger partial charge is 0.240 e. The summed E-state index contributed by atoms with van der Waals surface area (Å²) >= 11 is 0. The molecule has 2 fully saturated rings. The van der Waals surface area contributed by atoms with Gasteiger partial charge in [-0.1, -0.05) is 51.5 Å². The third kappa shape index (κ3) is 4.86. The van der Waals surface area contributed by atoms with Gasteiger partial charge in [0.15, 0.2) is 5.69 Å². The first-order chi connectivity index (χ1) is 14.6. The lowest BCUT2D eigenvalue weighted by molar-refractivity contribution is -0.122. The summed E-state index contributed by atoms with van der Waals surface area (Å²) in [5.74, 6) is 1.07. The predicted octanol–water partition coefficient (Wildman–Crippen LogP) is 5.94. The van der Waals surface area contributed by atoms with Gasteiger partial charge in [0.1, 0.15) is 12.4 Å². The lowest BCUT2D eigenvalue weighted by Gasteiger charge is -2.33. The Morgan fingerprint density at radius 3 is 2.67 bits per heavy atom. The highest BCUT2D eigenvalue weighted by Gasteiger charge is 2.27. The van der Waals surface area contributed by atoms with E-state index in [0.29, 0.717) is 23.7 Å². The van der Waals surface area contributed by atoms with Crippen LogP contribution in [-0.2, 0) is 17.8 Å². The van der Waals surface area contributed by atoms with E-state index in [1.807, 2.05) is 18.2 Å². The number of carbonyl (C=O) groups excluding carboxylic acids is 1. The number of carbonyl (C=O) groups is 1. The Kier molecular flexibility index (Phi) is 6.41. The van der Waals surface area contributed by atoms with Crippen LogP contribution in [0.15, 0.2) is 18.2 Å². The maximum atomic E-state index is 12.9. The van der Waals surface area contributed by atoms with E-state index >= 15 is 0 Å². The summed E-state index contributed by atoms with van der Waals surface area (Å²) in [4.78, 5) is 21.3. The van der Waals surface area contributed by atoms with E-state index < -0.39 is 0 Å². The number of aromatic nitrogens is 2. The molecule has 0 bridgehead atoms. The number of aryl methyl sites for hydroxylation is 1. The van der Waals surface area contributed by atoms with Crippen LogP contribution in [0.4, 0.5) is 5.69 Å². The Bertz CT molecular complexity index is 927. The van der Waals surface area contributed by atoms with Gasteiger partial charge in [-0.3, -0.25) is 4.79 Å². The van der Waals surface area contributed by atoms with E-state index in [9.17, 15) is 4.79 Å². The fourth-order valence-electron chi connectivity index (χ4n) is 5.34. The molecule has 1 aromatic heterocycles. The third-order valence-corrected chi connectivity index (χ3v) is 7.22. The van der Waals surface area contributed by atoms with Crippen molar-refractivity contribution in [2.45, 2.75) is 96.6 Å². The topological polar surface area (TPSA) is 51.3 Å². The second-order valence-electron chi connectivity index (χ2n) is 9.67. The van der Waals surface area contributed by atoms with E-state index in [2.05, 4.69) is 21.7 Å². The van der Waals surface area contributed by atoms with Crippen LogP contribution in [0.1, 0.15) is 83.4 Å². The van der Waals surface area contributed by atoms with Crippen molar-refractivity contribution in [3.05, 3.63) is 35.4 Å². The summed E-state index contributed by atoms with van der Waals surface area (Å²) in [6.45, 7) is 10.0. The highest BCUT2D eigenvalue weighted by Crippen LogP contribution is 2.39. The van der Waals surface area contributed by atoms with Gasteiger partial charge in [0.05, 0.1) is 17.6 Å². The van der Waals surface area contributed by atoms with Gasteiger partial charge in [0, 0.05) is 12.5 Å². The molecule has 0 aliphatic heterocycles. The van der Waals surface area contributed by atoms with Gasteiger partial charge in [-0.25, -0.2) is 9.83 Å². The zero-order chi connectivity index (χ0) is 21.0. The van der Waals surface area contributed by atoms with Crippen LogP contribution in [0, 0.1) is 12.0 Å². The molecule has 0 unspecified atom stereocenters. The molecule has 1 heterocycles. The number of benzene rings is 1. The maximum Gasteiger partial charge on any atom is 0.240 e. The molecule has 0 saturated heterocycles. The van der Waals surface area contributed by atoms with Crippen LogP contribution < -0.4 is 5.32 Å². The van der Waals surface area contributed by atoms with Crippen molar-refractivity contribution in [3.8, 4) is 0 Å². The monoisotopic (exact) mass is 406 g/mol. The van der Waals surface area contributed by atoms with Gasteiger partial charge in [0.2, 0.25) is 5.91 Å². The van der Waals surface area contributed by atoms with Crippen molar-refractivity contribution >= 4 is 22.6 Å². The van der Waals surface area contributed by atoms with Crippen LogP contribution in [0.2, 0.25) is 0 Å². The Morgan fingerprint density at radius 2 is 1.93 bits per heavy atom. The SMILES string of the molecule is [C-]#[N+]c1ccc2c(c1)nc(CCC1(C)CCCCC1)n2CC(=O)NC1CCCCC1. The summed E-state index contributed by atoms with van der Waals surface area (Å²) in [5.41, 5.74) is 2.78. The Labute approximate surface area is 180 Å². The van der Waals surface area contributed by atoms with E-state index in [1.165, 1.54) is 51.4 Å². The molecule has 4 rings (SSSR count). The normalized spacial score (nSPS) is 19.5. The first-order valence-electron chi connectivity index (χ1n) is 11.7. The molecule has 0 spiro atoms. The number of hydrogen-bond acceptors (Lipinski definition) is 2. The molecule has 1 N–H and O–H groups in total. The highest BCUT2D eigenvalue weighted by atomic mass is 16.2. The fourth-order valence-corrected chi connectivity index (χ4v) is 5.34. The summed E-state index contributed by atoms with van der Waals surface area (Å²) < 4.78 is 2.09. The lowest BCUT2D eigenvalue weighted by atomic mass is 9.73. The molecular weight excluding hydrogens is 372 g/mol. The Hall–Kier alpha value is -2.35. The standard InChI is InChI=1S/C25H34N4O/c1-25(14-7-4-8-15-25)16-13-23-28-21-17-20(26-2)11-12-22(21)29(23)18-24(30)27-19-9-5-3-6-10-19/h11-12,17,19H,3-10,13-16,18H2,1H3,(H,27,30). The molecule has 5 heteroatoms. The number of rotatable bonds is 6. The number of hydrogen-bond donors (Lipinski definition) is 1. The van der Waals surface area contributed by atoms with Gasteiger partial charge in [-0.15, -0.1) is 0 Å². The fraction of sp³-hybridized carbons (Fsp3) is 0.640. The van der Waals surface area contributed by atoms with E-state index in [4.69, 9.17) is 11.6 Å². The molecule has 2 aliphatic rings. The number of nitrogens with zero attached hydrogens (tertiary/aromatic N) is 3. The second kappa shape index (κ2) is 9.20. The molecule has 160 valence electrons. The molecule has 1 amide bonds. The van der Waals surface area contributed by atoms with Crippen molar-refractivity contribution in [1.82, 2.24) is 14.9 Å². The van der Waals surface area contributed by atoms with Gasteiger partial charge in [-0.2, -0.15) is 0 Å². The van der Waals surface area contributed by atoms with Crippen LogP contribution in [0.5, 0.6) is 0 Å². The first-order valence-corrected chi connectivity index (χ1v) is 11.7. The average molecular weight is 407 g/mol. The van der Waals surface area contributed by atoms with Crippen molar-refractivity contribution in [2.75, 3.05) is 0 Å². The van der Waals surface area contributed by atoms with Crippen molar-refractivity contribution in [2.24, 2.45) is 5.41 Å². The summed E-state index contributed by atoms with van der Waals surface area (Å²) in [6.07, 6.45) is 14.5. The zero-order valence-corrected chi connectivity index (χ0v) is 18.3. The van der Waals surface area contributed by atoms with Crippen LogP contribution in [-0.4, -0.2) is 21.5 Å². The van der Waals surface area contributed by atoms with Crippen molar-refractivity contribution in [3.63, 3.8) is 0 Å². The minimum atomic E-state index is 0.0839. The van der Waals surface area contributed by atoms with Crippen molar-refractivity contribution in [1.29, 1.82) is 0 Å². The predicted molar refractivity (Wildman–Crippen MR) is 121 cm³/mol. The van der Waals surface area contributed by atoms with E-state index in [0.717, 1.165) is 42.5 Å². The molecule has 0 atom stereocenters. The average Bonchev–Trinajstić information content (AvgIpc) is 3.10. The summed E-state index contributed by atoms with van der Waals surface area (Å²) in [7, 11) is 0. The number of fused-ring (bicyclic) bond motifs is 1. The maximum absolute atomic E-state index is 12.9. The molecule has 30 heavy (non-hydrogen) atoms.